The summed E-state index contributed by atoms with van der Waals surface area (Å²) in [5.74, 6) is -6.79. The molecule has 0 aliphatic heterocycles. The van der Waals surface area contributed by atoms with Gasteiger partial charge in [-0.05, 0) is 35.4 Å². The summed E-state index contributed by atoms with van der Waals surface area (Å²) in [4.78, 5) is 20.5. The molecule has 2 aromatic carbocycles. The van der Waals surface area contributed by atoms with E-state index in [1.807, 2.05) is 0 Å². The Morgan fingerprint density at radius 1 is 0.607 bits per heavy atom. The Labute approximate surface area is 158 Å². The molecule has 0 radical (unpaired) electrons. The zero-order valence-electron chi connectivity index (χ0n) is 12.7. The first kappa shape index (κ1) is 27.2. The van der Waals surface area contributed by atoms with Crippen molar-refractivity contribution in [1.82, 2.24) is 0 Å². The van der Waals surface area contributed by atoms with Crippen LogP contribution in [0.4, 0.5) is 17.6 Å². The summed E-state index contributed by atoms with van der Waals surface area (Å²) in [5, 5.41) is 34.5. The minimum Gasteiger partial charge on any atom is -0.479 e. The third kappa shape index (κ3) is 8.14. The lowest BCUT2D eigenvalue weighted by molar-refractivity contribution is -0.147. The second-order valence-corrected chi connectivity index (χ2v) is 4.89. The fourth-order valence-corrected chi connectivity index (χ4v) is 1.75. The van der Waals surface area contributed by atoms with Crippen molar-refractivity contribution in [3.63, 3.8) is 0 Å². The van der Waals surface area contributed by atoms with Crippen molar-refractivity contribution in [2.45, 2.75) is 27.1 Å². The minimum absolute atomic E-state index is 0. The molecule has 0 saturated carbocycles. The summed E-state index contributed by atoms with van der Waals surface area (Å²) < 4.78 is 50.0. The number of aliphatic hydroxyl groups is 2. The summed E-state index contributed by atoms with van der Waals surface area (Å²) in [5.41, 5.74) is -0.630. The van der Waals surface area contributed by atoms with Crippen LogP contribution in [0, 0.1) is 23.3 Å². The number of hydrogen-bond donors (Lipinski definition) is 4. The fraction of sp³-hybridized carbons (Fsp3) is 0.222. The molecule has 156 valence electrons. The second-order valence-electron chi connectivity index (χ2n) is 4.89. The van der Waals surface area contributed by atoms with Crippen molar-refractivity contribution in [2.24, 2.45) is 0 Å². The highest BCUT2D eigenvalue weighted by Gasteiger charge is 2.18. The Morgan fingerprint density at radius 3 is 1.00 bits per heavy atom. The van der Waals surface area contributed by atoms with Gasteiger partial charge in [-0.2, -0.15) is 0 Å². The van der Waals surface area contributed by atoms with Gasteiger partial charge in [0.25, 0.3) is 0 Å². The van der Waals surface area contributed by atoms with E-state index in [1.54, 1.807) is 0 Å². The predicted molar refractivity (Wildman–Crippen MR) is 91.4 cm³/mol. The highest BCUT2D eigenvalue weighted by Crippen LogP contribution is 2.17. The van der Waals surface area contributed by atoms with Crippen LogP contribution in [0.15, 0.2) is 36.4 Å². The molecule has 4 N–H and O–H groups in total. The second kappa shape index (κ2) is 11.7. The van der Waals surface area contributed by atoms with E-state index in [0.29, 0.717) is 12.1 Å². The summed E-state index contributed by atoms with van der Waals surface area (Å²) in [7, 11) is 0. The van der Waals surface area contributed by atoms with Crippen LogP contribution in [0.5, 0.6) is 0 Å². The zero-order chi connectivity index (χ0) is 20.0. The first-order valence-corrected chi connectivity index (χ1v) is 6.75. The predicted octanol–water partition coefficient (Wildman–Crippen LogP) is 3.44. The van der Waals surface area contributed by atoms with Crippen molar-refractivity contribution >= 4 is 11.9 Å². The third-order valence-corrected chi connectivity index (χ3v) is 2.87. The molecule has 0 spiro atoms. The number of carbonyl (C=O) groups is 2. The average Bonchev–Trinajstić information content (AvgIpc) is 2.51. The Bertz CT molecular complexity index is 705. The first-order chi connectivity index (χ1) is 12.0. The standard InChI is InChI=1S/2C8H6F2O3.2CH4/c2*9-5-1-4(2-6(10)3-5)7(11)8(12)13;;/h2*1-3,7,11H,(H,12,13);2*1H4/t7-;;;/m1.../s1. The molecular weight excluding hydrogens is 388 g/mol. The molecule has 2 atom stereocenters. The van der Waals surface area contributed by atoms with E-state index in [4.69, 9.17) is 20.4 Å². The van der Waals surface area contributed by atoms with E-state index < -0.39 is 47.4 Å². The van der Waals surface area contributed by atoms with Gasteiger partial charge in [0.15, 0.2) is 12.2 Å². The molecule has 28 heavy (non-hydrogen) atoms. The van der Waals surface area contributed by atoms with Gasteiger partial charge >= 0.3 is 11.9 Å². The Kier molecular flexibility index (Phi) is 11.4. The van der Waals surface area contributed by atoms with Gasteiger partial charge in [0.1, 0.15) is 23.3 Å². The van der Waals surface area contributed by atoms with Crippen LogP contribution in [-0.4, -0.2) is 32.4 Å². The lowest BCUT2D eigenvalue weighted by Gasteiger charge is -2.05. The van der Waals surface area contributed by atoms with Crippen molar-refractivity contribution in [2.75, 3.05) is 0 Å². The van der Waals surface area contributed by atoms with Gasteiger partial charge < -0.3 is 20.4 Å². The number of halogens is 4. The molecule has 0 aliphatic rings. The number of carboxylic acid groups (broad SMARTS) is 2. The van der Waals surface area contributed by atoms with Crippen molar-refractivity contribution in [3.05, 3.63) is 70.8 Å². The highest BCUT2D eigenvalue weighted by molar-refractivity contribution is 5.74. The van der Waals surface area contributed by atoms with Gasteiger partial charge in [-0.3, -0.25) is 0 Å². The summed E-state index contributed by atoms with van der Waals surface area (Å²) >= 11 is 0. The number of rotatable bonds is 4. The largest absolute Gasteiger partial charge is 0.479 e. The molecule has 0 saturated heterocycles. The number of aliphatic hydroxyl groups excluding tert-OH is 2. The van der Waals surface area contributed by atoms with Crippen LogP contribution >= 0.6 is 0 Å². The normalized spacial score (nSPS) is 11.6. The molecule has 0 fully saturated rings. The maximum atomic E-state index is 12.5. The maximum Gasteiger partial charge on any atom is 0.337 e. The SMILES string of the molecule is C.C.O=C(O)C(O)c1cc(F)cc(F)c1.O=C(O)[C@H](O)c1cc(F)cc(F)c1. The third-order valence-electron chi connectivity index (χ3n) is 2.87. The lowest BCUT2D eigenvalue weighted by atomic mass is 10.1. The summed E-state index contributed by atoms with van der Waals surface area (Å²) in [6, 6.07) is 4.25. The summed E-state index contributed by atoms with van der Waals surface area (Å²) in [6.45, 7) is 0. The highest BCUT2D eigenvalue weighted by atomic mass is 19.1. The quantitative estimate of drug-likeness (QED) is 0.576. The zero-order valence-corrected chi connectivity index (χ0v) is 12.7. The summed E-state index contributed by atoms with van der Waals surface area (Å²) in [6.07, 6.45) is -3.80. The van der Waals surface area contributed by atoms with E-state index in [0.717, 1.165) is 24.3 Å². The minimum atomic E-state index is -1.90. The molecule has 6 nitrogen and oxygen atoms in total. The van der Waals surface area contributed by atoms with Gasteiger partial charge in [0.05, 0.1) is 0 Å². The van der Waals surface area contributed by atoms with Crippen molar-refractivity contribution < 1.29 is 47.6 Å². The molecule has 1 unspecified atom stereocenters. The van der Waals surface area contributed by atoms with Gasteiger partial charge in [-0.1, -0.05) is 14.9 Å². The molecule has 0 heterocycles. The molecule has 10 heteroatoms. The molecule has 0 aliphatic carbocycles. The molecule has 0 aromatic heterocycles. The van der Waals surface area contributed by atoms with E-state index in [-0.39, 0.29) is 26.0 Å². The molecular formula is C18H20F4O6. The van der Waals surface area contributed by atoms with Crippen LogP contribution in [0.2, 0.25) is 0 Å². The van der Waals surface area contributed by atoms with Crippen LogP contribution in [-0.2, 0) is 9.59 Å². The van der Waals surface area contributed by atoms with E-state index in [2.05, 4.69) is 0 Å². The smallest absolute Gasteiger partial charge is 0.337 e. The first-order valence-electron chi connectivity index (χ1n) is 6.75. The Hall–Kier alpha value is -2.98. The lowest BCUT2D eigenvalue weighted by Crippen LogP contribution is -2.10. The van der Waals surface area contributed by atoms with Crippen LogP contribution in [0.3, 0.4) is 0 Å². The van der Waals surface area contributed by atoms with E-state index in [1.165, 1.54) is 0 Å². The van der Waals surface area contributed by atoms with E-state index >= 15 is 0 Å². The molecule has 0 bridgehead atoms. The van der Waals surface area contributed by atoms with Gasteiger partial charge in [0, 0.05) is 12.1 Å². The van der Waals surface area contributed by atoms with Crippen molar-refractivity contribution in [3.8, 4) is 0 Å². The molecule has 2 aromatic rings. The van der Waals surface area contributed by atoms with Crippen LogP contribution < -0.4 is 0 Å². The van der Waals surface area contributed by atoms with Gasteiger partial charge in [-0.25, -0.2) is 27.2 Å². The molecule has 2 rings (SSSR count). The average molecular weight is 408 g/mol. The van der Waals surface area contributed by atoms with Gasteiger partial charge in [0.2, 0.25) is 0 Å². The monoisotopic (exact) mass is 408 g/mol. The fourth-order valence-electron chi connectivity index (χ4n) is 1.75. The number of benzene rings is 2. The van der Waals surface area contributed by atoms with Crippen LogP contribution in [0.25, 0.3) is 0 Å². The number of carboxylic acids is 2. The topological polar surface area (TPSA) is 115 Å². The van der Waals surface area contributed by atoms with Gasteiger partial charge in [-0.15, -0.1) is 0 Å². The number of aliphatic carboxylic acids is 2. The number of hydrogen-bond acceptors (Lipinski definition) is 4. The Balaban J connectivity index is 0. The Morgan fingerprint density at radius 2 is 0.821 bits per heavy atom. The van der Waals surface area contributed by atoms with Crippen molar-refractivity contribution in [1.29, 1.82) is 0 Å². The maximum absolute atomic E-state index is 12.5. The molecule has 0 amide bonds. The van der Waals surface area contributed by atoms with Crippen LogP contribution in [0.1, 0.15) is 38.2 Å². The van der Waals surface area contributed by atoms with E-state index in [9.17, 15) is 27.2 Å².